The quantitative estimate of drug-likeness (QED) is 0.823. The Hall–Kier alpha value is -0.800. The molecule has 0 amide bonds. The van der Waals surface area contributed by atoms with Crippen LogP contribution in [0.25, 0.3) is 0 Å². The monoisotopic (exact) mass is 321 g/mol. The van der Waals surface area contributed by atoms with E-state index in [-0.39, 0.29) is 0 Å². The van der Waals surface area contributed by atoms with Gasteiger partial charge in [-0.05, 0) is 50.4 Å². The molecule has 2 nitrogen and oxygen atoms in total. The second-order valence-corrected chi connectivity index (χ2v) is 6.38. The van der Waals surface area contributed by atoms with Crippen molar-refractivity contribution in [3.05, 3.63) is 40.4 Å². The standard InChI is InChI=1S/C16H20BrNO/c1-18-14-10-16(11-5-3-2-4-6-11)19-15-8-7-12(17)9-13(14)15/h2-3,7-9,11,14,16,18H,4-6,10H2,1H3. The van der Waals surface area contributed by atoms with Gasteiger partial charge in [0.25, 0.3) is 0 Å². The minimum absolute atomic E-state index is 0.344. The van der Waals surface area contributed by atoms with Crippen molar-refractivity contribution in [2.45, 2.75) is 37.8 Å². The van der Waals surface area contributed by atoms with Crippen LogP contribution in [0, 0.1) is 5.92 Å². The lowest BCUT2D eigenvalue weighted by Gasteiger charge is -2.37. The minimum Gasteiger partial charge on any atom is -0.490 e. The van der Waals surface area contributed by atoms with Crippen LogP contribution in [0.5, 0.6) is 5.75 Å². The largest absolute Gasteiger partial charge is 0.490 e. The summed E-state index contributed by atoms with van der Waals surface area (Å²) in [5, 5.41) is 3.44. The summed E-state index contributed by atoms with van der Waals surface area (Å²) in [6, 6.07) is 6.73. The van der Waals surface area contributed by atoms with E-state index in [4.69, 9.17) is 4.74 Å². The average Bonchev–Trinajstić information content (AvgIpc) is 2.47. The van der Waals surface area contributed by atoms with Crippen molar-refractivity contribution in [3.63, 3.8) is 0 Å². The molecule has 3 heteroatoms. The first-order chi connectivity index (χ1) is 9.28. The number of fused-ring (bicyclic) bond motifs is 1. The lowest BCUT2D eigenvalue weighted by molar-refractivity contribution is 0.0887. The molecule has 102 valence electrons. The highest BCUT2D eigenvalue weighted by atomic mass is 79.9. The summed E-state index contributed by atoms with van der Waals surface area (Å²) >= 11 is 3.55. The summed E-state index contributed by atoms with van der Waals surface area (Å²) in [5.41, 5.74) is 1.28. The van der Waals surface area contributed by atoms with E-state index in [9.17, 15) is 0 Å². The molecule has 0 saturated heterocycles. The zero-order valence-corrected chi connectivity index (χ0v) is 12.8. The molecule has 1 aliphatic carbocycles. The van der Waals surface area contributed by atoms with Crippen LogP contribution in [-0.2, 0) is 0 Å². The maximum atomic E-state index is 6.26. The highest BCUT2D eigenvalue weighted by Crippen LogP contribution is 2.40. The Kier molecular flexibility index (Phi) is 3.94. The molecule has 0 radical (unpaired) electrons. The van der Waals surface area contributed by atoms with E-state index < -0.39 is 0 Å². The van der Waals surface area contributed by atoms with E-state index in [1.165, 1.54) is 18.4 Å². The average molecular weight is 322 g/mol. The maximum Gasteiger partial charge on any atom is 0.124 e. The highest BCUT2D eigenvalue weighted by molar-refractivity contribution is 9.10. The SMILES string of the molecule is CNC1CC(C2CC=CCC2)Oc2ccc(Br)cc21. The number of hydrogen-bond acceptors (Lipinski definition) is 2. The summed E-state index contributed by atoms with van der Waals surface area (Å²) in [4.78, 5) is 0. The van der Waals surface area contributed by atoms with Gasteiger partial charge in [-0.3, -0.25) is 0 Å². The van der Waals surface area contributed by atoms with Crippen LogP contribution in [0.1, 0.15) is 37.3 Å². The van der Waals surface area contributed by atoms with Gasteiger partial charge in [-0.1, -0.05) is 28.1 Å². The van der Waals surface area contributed by atoms with Crippen LogP contribution < -0.4 is 10.1 Å². The van der Waals surface area contributed by atoms with E-state index in [2.05, 4.69) is 51.6 Å². The number of ether oxygens (including phenoxy) is 1. The number of allylic oxidation sites excluding steroid dienone is 2. The third-order valence-electron chi connectivity index (χ3n) is 4.28. The van der Waals surface area contributed by atoms with Crippen LogP contribution in [0.15, 0.2) is 34.8 Å². The molecule has 0 aromatic heterocycles. The number of benzene rings is 1. The first kappa shape index (κ1) is 13.2. The Morgan fingerprint density at radius 2 is 2.21 bits per heavy atom. The summed E-state index contributed by atoms with van der Waals surface area (Å²) in [6.45, 7) is 0. The van der Waals surface area contributed by atoms with Gasteiger partial charge < -0.3 is 10.1 Å². The third-order valence-corrected chi connectivity index (χ3v) is 4.77. The van der Waals surface area contributed by atoms with Crippen molar-refractivity contribution in [2.24, 2.45) is 5.92 Å². The Morgan fingerprint density at radius 3 is 2.95 bits per heavy atom. The van der Waals surface area contributed by atoms with Gasteiger partial charge in [-0.25, -0.2) is 0 Å². The molecule has 0 spiro atoms. The Labute approximate surface area is 123 Å². The highest BCUT2D eigenvalue weighted by Gasteiger charge is 2.32. The fourth-order valence-corrected chi connectivity index (χ4v) is 3.56. The summed E-state index contributed by atoms with van der Waals surface area (Å²) in [5.74, 6) is 1.71. The lowest BCUT2D eigenvalue weighted by atomic mass is 9.83. The van der Waals surface area contributed by atoms with Gasteiger partial charge in [0.15, 0.2) is 0 Å². The van der Waals surface area contributed by atoms with Gasteiger partial charge in [0.1, 0.15) is 11.9 Å². The molecule has 3 unspecified atom stereocenters. The maximum absolute atomic E-state index is 6.26. The molecule has 1 N–H and O–H groups in total. The number of rotatable bonds is 2. The van der Waals surface area contributed by atoms with E-state index in [1.807, 2.05) is 7.05 Å². The van der Waals surface area contributed by atoms with Gasteiger partial charge >= 0.3 is 0 Å². The van der Waals surface area contributed by atoms with Crippen LogP contribution in [0.2, 0.25) is 0 Å². The fraction of sp³-hybridized carbons (Fsp3) is 0.500. The zero-order valence-electron chi connectivity index (χ0n) is 11.2. The first-order valence-electron chi connectivity index (χ1n) is 7.06. The molecule has 0 saturated carbocycles. The first-order valence-corrected chi connectivity index (χ1v) is 7.85. The molecule has 1 heterocycles. The molecule has 3 rings (SSSR count). The normalized spacial score (nSPS) is 29.7. The fourth-order valence-electron chi connectivity index (χ4n) is 3.19. The second-order valence-electron chi connectivity index (χ2n) is 5.46. The number of halogens is 1. The van der Waals surface area contributed by atoms with Crippen LogP contribution in [-0.4, -0.2) is 13.2 Å². The van der Waals surface area contributed by atoms with Crippen LogP contribution in [0.3, 0.4) is 0 Å². The van der Waals surface area contributed by atoms with Crippen molar-refractivity contribution in [1.82, 2.24) is 5.32 Å². The Balaban J connectivity index is 1.85. The number of hydrogen-bond donors (Lipinski definition) is 1. The van der Waals surface area contributed by atoms with Gasteiger partial charge in [0.05, 0.1) is 0 Å². The van der Waals surface area contributed by atoms with Crippen molar-refractivity contribution in [2.75, 3.05) is 7.05 Å². The summed E-state index contributed by atoms with van der Waals surface area (Å²) in [7, 11) is 2.04. The van der Waals surface area contributed by atoms with E-state index >= 15 is 0 Å². The second kappa shape index (κ2) is 5.68. The van der Waals surface area contributed by atoms with Crippen molar-refractivity contribution in [3.8, 4) is 5.75 Å². The molecule has 0 fully saturated rings. The molecule has 1 aromatic carbocycles. The predicted molar refractivity (Wildman–Crippen MR) is 81.5 cm³/mol. The van der Waals surface area contributed by atoms with Crippen molar-refractivity contribution < 1.29 is 4.74 Å². The van der Waals surface area contributed by atoms with Gasteiger partial charge in [-0.15, -0.1) is 0 Å². The van der Waals surface area contributed by atoms with Gasteiger partial charge in [-0.2, -0.15) is 0 Å². The predicted octanol–water partition coefficient (Wildman–Crippen LogP) is 4.22. The zero-order chi connectivity index (χ0) is 13.2. The Bertz CT molecular complexity index is 486. The summed E-state index contributed by atoms with van der Waals surface area (Å²) in [6.07, 6.45) is 9.62. The van der Waals surface area contributed by atoms with Crippen molar-refractivity contribution >= 4 is 15.9 Å². The van der Waals surface area contributed by atoms with Crippen LogP contribution >= 0.6 is 15.9 Å². The molecule has 19 heavy (non-hydrogen) atoms. The Morgan fingerprint density at radius 1 is 1.32 bits per heavy atom. The minimum atomic E-state index is 0.344. The van der Waals surface area contributed by atoms with Gasteiger partial charge in [0, 0.05) is 22.5 Å². The topological polar surface area (TPSA) is 21.3 Å². The van der Waals surface area contributed by atoms with E-state index in [0.717, 1.165) is 23.1 Å². The molecular formula is C16H20BrNO. The molecule has 3 atom stereocenters. The molecule has 1 aromatic rings. The number of nitrogens with one attached hydrogen (secondary N) is 1. The molecular weight excluding hydrogens is 302 g/mol. The molecule has 1 aliphatic heterocycles. The van der Waals surface area contributed by atoms with Gasteiger partial charge in [0.2, 0.25) is 0 Å². The molecule has 0 bridgehead atoms. The van der Waals surface area contributed by atoms with E-state index in [1.54, 1.807) is 0 Å². The summed E-state index contributed by atoms with van der Waals surface area (Å²) < 4.78 is 7.38. The van der Waals surface area contributed by atoms with E-state index in [0.29, 0.717) is 18.1 Å². The molecule has 2 aliphatic rings. The lowest BCUT2D eigenvalue weighted by Crippen LogP contribution is -2.36. The van der Waals surface area contributed by atoms with Crippen LogP contribution in [0.4, 0.5) is 0 Å². The van der Waals surface area contributed by atoms with Crippen molar-refractivity contribution in [1.29, 1.82) is 0 Å². The third kappa shape index (κ3) is 2.72. The smallest absolute Gasteiger partial charge is 0.124 e.